The fourth-order valence-corrected chi connectivity index (χ4v) is 2.67. The van der Waals surface area contributed by atoms with Gasteiger partial charge in [-0.05, 0) is 36.4 Å². The number of nitrogens with zero attached hydrogens (tertiary/aromatic N) is 1. The van der Waals surface area contributed by atoms with Crippen LogP contribution in [0.2, 0.25) is 0 Å². The number of amides is 1. The first kappa shape index (κ1) is 18.0. The molecule has 6 heteroatoms. The average molecular weight is 354 g/mol. The number of carbonyl (C=O) groups is 1. The molecule has 0 fully saturated rings. The molecule has 0 spiro atoms. The summed E-state index contributed by atoms with van der Waals surface area (Å²) in [4.78, 5) is 17.3. The predicted molar refractivity (Wildman–Crippen MR) is 97.3 cm³/mol. The number of fused-ring (bicyclic) bond motifs is 1. The van der Waals surface area contributed by atoms with Gasteiger partial charge >= 0.3 is 0 Å². The van der Waals surface area contributed by atoms with Crippen molar-refractivity contribution in [3.05, 3.63) is 66.0 Å². The van der Waals surface area contributed by atoms with Crippen molar-refractivity contribution in [2.75, 3.05) is 20.8 Å². The molecule has 0 radical (unpaired) electrons. The van der Waals surface area contributed by atoms with E-state index in [0.717, 1.165) is 10.9 Å². The van der Waals surface area contributed by atoms with Crippen molar-refractivity contribution in [2.24, 2.45) is 0 Å². The molecule has 1 amide bonds. The zero-order valence-corrected chi connectivity index (χ0v) is 14.5. The van der Waals surface area contributed by atoms with Gasteiger partial charge in [0.15, 0.2) is 6.29 Å². The van der Waals surface area contributed by atoms with Crippen LogP contribution in [0.25, 0.3) is 22.2 Å². The van der Waals surface area contributed by atoms with Crippen LogP contribution in [0.3, 0.4) is 0 Å². The lowest BCUT2D eigenvalue weighted by atomic mass is 10.0. The van der Waals surface area contributed by atoms with Gasteiger partial charge < -0.3 is 14.8 Å². The number of benzene rings is 2. The van der Waals surface area contributed by atoms with Crippen LogP contribution in [0, 0.1) is 5.82 Å². The van der Waals surface area contributed by atoms with E-state index in [1.54, 1.807) is 18.2 Å². The Morgan fingerprint density at radius 2 is 1.81 bits per heavy atom. The molecular formula is C20H19FN2O3. The van der Waals surface area contributed by atoms with Gasteiger partial charge in [-0.25, -0.2) is 9.37 Å². The van der Waals surface area contributed by atoms with Gasteiger partial charge in [0.05, 0.1) is 23.3 Å². The maximum atomic E-state index is 13.2. The summed E-state index contributed by atoms with van der Waals surface area (Å²) in [5, 5.41) is 3.54. The maximum Gasteiger partial charge on any atom is 0.252 e. The number of ether oxygens (including phenoxy) is 2. The van der Waals surface area contributed by atoms with Gasteiger partial charge in [-0.15, -0.1) is 0 Å². The van der Waals surface area contributed by atoms with E-state index >= 15 is 0 Å². The van der Waals surface area contributed by atoms with Crippen molar-refractivity contribution >= 4 is 16.8 Å². The summed E-state index contributed by atoms with van der Waals surface area (Å²) >= 11 is 0. The Balaban J connectivity index is 2.00. The predicted octanol–water partition coefficient (Wildman–Crippen LogP) is 3.39. The Kier molecular flexibility index (Phi) is 5.55. The van der Waals surface area contributed by atoms with E-state index in [2.05, 4.69) is 10.3 Å². The van der Waals surface area contributed by atoms with Crippen LogP contribution in [-0.2, 0) is 9.47 Å². The molecule has 0 saturated heterocycles. The highest BCUT2D eigenvalue weighted by Crippen LogP contribution is 2.25. The summed E-state index contributed by atoms with van der Waals surface area (Å²) in [6, 6.07) is 15.1. The maximum absolute atomic E-state index is 13.2. The van der Waals surface area contributed by atoms with Crippen molar-refractivity contribution in [3.8, 4) is 11.3 Å². The average Bonchev–Trinajstić information content (AvgIpc) is 2.68. The van der Waals surface area contributed by atoms with Crippen LogP contribution in [0.5, 0.6) is 0 Å². The molecule has 2 aromatic carbocycles. The number of pyridine rings is 1. The second kappa shape index (κ2) is 8.03. The number of hydrogen-bond acceptors (Lipinski definition) is 4. The van der Waals surface area contributed by atoms with Crippen molar-refractivity contribution < 1.29 is 18.7 Å². The molecular weight excluding hydrogens is 335 g/mol. The highest BCUT2D eigenvalue weighted by molar-refractivity contribution is 6.07. The Bertz CT molecular complexity index is 909. The molecule has 134 valence electrons. The van der Waals surface area contributed by atoms with E-state index in [0.29, 0.717) is 16.8 Å². The van der Waals surface area contributed by atoms with E-state index in [-0.39, 0.29) is 18.3 Å². The number of para-hydroxylation sites is 1. The van der Waals surface area contributed by atoms with Gasteiger partial charge in [0.25, 0.3) is 5.91 Å². The van der Waals surface area contributed by atoms with E-state index in [4.69, 9.17) is 9.47 Å². The van der Waals surface area contributed by atoms with Crippen molar-refractivity contribution in [1.29, 1.82) is 0 Å². The van der Waals surface area contributed by atoms with Gasteiger partial charge in [0.1, 0.15) is 5.82 Å². The van der Waals surface area contributed by atoms with E-state index in [9.17, 15) is 9.18 Å². The second-order valence-corrected chi connectivity index (χ2v) is 5.69. The van der Waals surface area contributed by atoms with E-state index in [1.807, 2.05) is 24.3 Å². The Morgan fingerprint density at radius 3 is 2.50 bits per heavy atom. The van der Waals surface area contributed by atoms with Crippen LogP contribution >= 0.6 is 0 Å². The molecule has 3 aromatic rings. The fourth-order valence-electron chi connectivity index (χ4n) is 2.67. The minimum Gasteiger partial charge on any atom is -0.354 e. The van der Waals surface area contributed by atoms with Crippen molar-refractivity contribution in [3.63, 3.8) is 0 Å². The van der Waals surface area contributed by atoms with Crippen LogP contribution in [-0.4, -0.2) is 37.9 Å². The Hall–Kier alpha value is -2.83. The molecule has 1 heterocycles. The molecule has 0 atom stereocenters. The lowest BCUT2D eigenvalue weighted by molar-refractivity contribution is -0.0974. The third-order valence-corrected chi connectivity index (χ3v) is 4.06. The van der Waals surface area contributed by atoms with Crippen LogP contribution < -0.4 is 5.32 Å². The molecule has 0 aliphatic rings. The highest BCUT2D eigenvalue weighted by atomic mass is 19.1. The molecule has 0 bridgehead atoms. The zero-order chi connectivity index (χ0) is 18.5. The van der Waals surface area contributed by atoms with Crippen LogP contribution in [0.15, 0.2) is 54.6 Å². The lowest BCUT2D eigenvalue weighted by Gasteiger charge is -2.15. The molecule has 26 heavy (non-hydrogen) atoms. The minimum absolute atomic E-state index is 0.217. The zero-order valence-electron chi connectivity index (χ0n) is 14.5. The number of nitrogens with one attached hydrogen (secondary N) is 1. The van der Waals surface area contributed by atoms with Crippen molar-refractivity contribution in [2.45, 2.75) is 6.29 Å². The number of rotatable bonds is 6. The largest absolute Gasteiger partial charge is 0.354 e. The monoisotopic (exact) mass is 354 g/mol. The third kappa shape index (κ3) is 3.87. The van der Waals surface area contributed by atoms with E-state index < -0.39 is 6.29 Å². The first-order valence-electron chi connectivity index (χ1n) is 8.12. The number of methoxy groups -OCH3 is 2. The molecule has 5 nitrogen and oxygen atoms in total. The summed E-state index contributed by atoms with van der Waals surface area (Å²) < 4.78 is 23.4. The van der Waals surface area contributed by atoms with Gasteiger partial charge in [0, 0.05) is 25.2 Å². The SMILES string of the molecule is COC(CNC(=O)c1cc(-c2ccc(F)cc2)nc2ccccc12)OC. The summed E-state index contributed by atoms with van der Waals surface area (Å²) in [5.41, 5.74) is 2.51. The molecule has 0 saturated carbocycles. The molecule has 1 aromatic heterocycles. The van der Waals surface area contributed by atoms with Gasteiger partial charge in [0.2, 0.25) is 0 Å². The quantitative estimate of drug-likeness (QED) is 0.690. The highest BCUT2D eigenvalue weighted by Gasteiger charge is 2.15. The minimum atomic E-state index is -0.524. The van der Waals surface area contributed by atoms with E-state index in [1.165, 1.54) is 26.4 Å². The van der Waals surface area contributed by atoms with Gasteiger partial charge in [-0.1, -0.05) is 18.2 Å². The van der Waals surface area contributed by atoms with Gasteiger partial charge in [-0.2, -0.15) is 0 Å². The Labute approximate surface area is 150 Å². The fraction of sp³-hybridized carbons (Fsp3) is 0.200. The summed E-state index contributed by atoms with van der Waals surface area (Å²) in [6.45, 7) is 0.217. The molecule has 3 rings (SSSR count). The smallest absolute Gasteiger partial charge is 0.252 e. The first-order valence-corrected chi connectivity index (χ1v) is 8.12. The summed E-state index contributed by atoms with van der Waals surface area (Å²) in [7, 11) is 3.02. The Morgan fingerprint density at radius 1 is 1.12 bits per heavy atom. The second-order valence-electron chi connectivity index (χ2n) is 5.69. The molecule has 0 unspecified atom stereocenters. The van der Waals surface area contributed by atoms with Gasteiger partial charge in [-0.3, -0.25) is 4.79 Å². The summed E-state index contributed by atoms with van der Waals surface area (Å²) in [5.74, 6) is -0.580. The first-order chi connectivity index (χ1) is 12.6. The lowest BCUT2D eigenvalue weighted by Crippen LogP contribution is -2.34. The number of hydrogen-bond donors (Lipinski definition) is 1. The number of carbonyl (C=O) groups excluding carboxylic acids is 1. The summed E-state index contributed by atoms with van der Waals surface area (Å²) in [6.07, 6.45) is -0.524. The third-order valence-electron chi connectivity index (χ3n) is 4.06. The van der Waals surface area contributed by atoms with Crippen LogP contribution in [0.1, 0.15) is 10.4 Å². The number of halogens is 1. The topological polar surface area (TPSA) is 60.5 Å². The van der Waals surface area contributed by atoms with Crippen LogP contribution in [0.4, 0.5) is 4.39 Å². The molecule has 0 aliphatic heterocycles. The molecule has 0 aliphatic carbocycles. The standard InChI is InChI=1S/C20H19FN2O3/c1-25-19(26-2)12-22-20(24)16-11-18(13-7-9-14(21)10-8-13)23-17-6-4-3-5-15(16)17/h3-11,19H,12H2,1-2H3,(H,22,24). The number of aromatic nitrogens is 1. The normalized spacial score (nSPS) is 11.1. The molecule has 1 N–H and O–H groups in total. The van der Waals surface area contributed by atoms with Crippen molar-refractivity contribution in [1.82, 2.24) is 10.3 Å².